The predicted octanol–water partition coefficient (Wildman–Crippen LogP) is 2.22. The molecule has 0 aliphatic carbocycles. The van der Waals surface area contributed by atoms with Crippen LogP contribution in [0.15, 0.2) is 35.2 Å². The summed E-state index contributed by atoms with van der Waals surface area (Å²) in [5.41, 5.74) is 0. The summed E-state index contributed by atoms with van der Waals surface area (Å²) in [6.07, 6.45) is -1.22. The summed E-state index contributed by atoms with van der Waals surface area (Å²) in [6, 6.07) is 9.56. The van der Waals surface area contributed by atoms with Gasteiger partial charge >= 0.3 is 6.09 Å². The van der Waals surface area contributed by atoms with Crippen LogP contribution in [0.1, 0.15) is 0 Å². The van der Waals surface area contributed by atoms with Crippen LogP contribution in [0.25, 0.3) is 0 Å². The smallest absolute Gasteiger partial charge is 0.405 e. The molecular weight excluding hydrogens is 262 g/mol. The minimum absolute atomic E-state index is 0.251. The fourth-order valence-electron chi connectivity index (χ4n) is 1.05. The highest BCUT2D eigenvalue weighted by Gasteiger charge is 2.16. The Bertz CT molecular complexity index is 386. The van der Waals surface area contributed by atoms with E-state index in [9.17, 15) is 9.59 Å². The second kappa shape index (κ2) is 7.19. The van der Waals surface area contributed by atoms with Crippen LogP contribution < -0.4 is 5.32 Å². The van der Waals surface area contributed by atoms with Crippen molar-refractivity contribution in [2.24, 2.45) is 0 Å². The van der Waals surface area contributed by atoms with Crippen molar-refractivity contribution in [1.29, 1.82) is 0 Å². The Hall–Kier alpha value is -1.20. The molecule has 1 atom stereocenters. The van der Waals surface area contributed by atoms with Crippen LogP contribution in [-0.4, -0.2) is 34.7 Å². The summed E-state index contributed by atoms with van der Waals surface area (Å²) in [5.74, 6) is 0.101. The molecule has 2 N–H and O–H groups in total. The molecule has 6 heteroatoms. The molecule has 1 aromatic rings. The first-order valence-electron chi connectivity index (χ1n) is 4.91. The Morgan fingerprint density at radius 2 is 2.00 bits per heavy atom. The van der Waals surface area contributed by atoms with Crippen molar-refractivity contribution in [1.82, 2.24) is 5.32 Å². The van der Waals surface area contributed by atoms with Crippen molar-refractivity contribution in [3.63, 3.8) is 0 Å². The molecule has 0 aliphatic rings. The zero-order valence-corrected chi connectivity index (χ0v) is 10.5. The highest BCUT2D eigenvalue weighted by Crippen LogP contribution is 2.19. The molecule has 92 valence electrons. The van der Waals surface area contributed by atoms with Gasteiger partial charge in [-0.3, -0.25) is 4.79 Å². The molecule has 1 aromatic carbocycles. The van der Waals surface area contributed by atoms with E-state index in [2.05, 4.69) is 0 Å². The number of amides is 1. The minimum atomic E-state index is -1.22. The monoisotopic (exact) mass is 273 g/mol. The molecule has 0 aliphatic heterocycles. The van der Waals surface area contributed by atoms with Crippen molar-refractivity contribution in [2.75, 3.05) is 12.3 Å². The van der Waals surface area contributed by atoms with E-state index < -0.39 is 11.5 Å². The number of carboxylic acid groups (broad SMARTS) is 1. The van der Waals surface area contributed by atoms with Crippen LogP contribution >= 0.6 is 23.4 Å². The number of hydrogen-bond acceptors (Lipinski definition) is 3. The lowest BCUT2D eigenvalue weighted by molar-refractivity contribution is -0.117. The SMILES string of the molecule is O=C(O)NCC(=O)[C@@H](Cl)CSc1ccccc1. The van der Waals surface area contributed by atoms with Crippen molar-refractivity contribution in [3.05, 3.63) is 30.3 Å². The molecule has 0 radical (unpaired) electrons. The van der Waals surface area contributed by atoms with Gasteiger partial charge in [0.2, 0.25) is 0 Å². The Kier molecular flexibility index (Phi) is 5.86. The molecular formula is C11H12ClNO3S. The number of thioether (sulfide) groups is 1. The second-order valence-electron chi connectivity index (χ2n) is 3.22. The first-order chi connectivity index (χ1) is 8.09. The Balaban J connectivity index is 2.31. The zero-order chi connectivity index (χ0) is 12.7. The number of carbonyl (C=O) groups is 2. The number of Topliss-reactive ketones (excluding diaryl/α,β-unsaturated/α-hetero) is 1. The van der Waals surface area contributed by atoms with E-state index in [0.29, 0.717) is 5.75 Å². The highest BCUT2D eigenvalue weighted by molar-refractivity contribution is 7.99. The molecule has 4 nitrogen and oxygen atoms in total. The summed E-state index contributed by atoms with van der Waals surface area (Å²) >= 11 is 7.32. The third kappa shape index (κ3) is 5.60. The van der Waals surface area contributed by atoms with Crippen molar-refractivity contribution in [2.45, 2.75) is 10.3 Å². The average Bonchev–Trinajstić information content (AvgIpc) is 2.34. The average molecular weight is 274 g/mol. The van der Waals surface area contributed by atoms with Gasteiger partial charge in [0.15, 0.2) is 5.78 Å². The van der Waals surface area contributed by atoms with Crippen LogP contribution in [0.2, 0.25) is 0 Å². The van der Waals surface area contributed by atoms with Crippen LogP contribution in [-0.2, 0) is 4.79 Å². The van der Waals surface area contributed by atoms with Gasteiger partial charge in [-0.2, -0.15) is 0 Å². The molecule has 0 unspecified atom stereocenters. The van der Waals surface area contributed by atoms with Gasteiger partial charge in [-0.05, 0) is 12.1 Å². The Labute approximate surface area is 108 Å². The Morgan fingerprint density at radius 3 is 2.59 bits per heavy atom. The van der Waals surface area contributed by atoms with Gasteiger partial charge in [0, 0.05) is 10.6 Å². The van der Waals surface area contributed by atoms with Gasteiger partial charge < -0.3 is 10.4 Å². The molecule has 0 bridgehead atoms. The first kappa shape index (κ1) is 13.9. The predicted molar refractivity (Wildman–Crippen MR) is 67.8 cm³/mol. The van der Waals surface area contributed by atoms with Crippen LogP contribution in [0.4, 0.5) is 4.79 Å². The molecule has 0 fully saturated rings. The van der Waals surface area contributed by atoms with Crippen LogP contribution in [0.3, 0.4) is 0 Å². The van der Waals surface area contributed by atoms with Gasteiger partial charge in [-0.25, -0.2) is 4.79 Å². The highest BCUT2D eigenvalue weighted by atomic mass is 35.5. The number of ketones is 1. The zero-order valence-electron chi connectivity index (χ0n) is 8.93. The van der Waals surface area contributed by atoms with Crippen molar-refractivity contribution < 1.29 is 14.7 Å². The van der Waals surface area contributed by atoms with Gasteiger partial charge in [0.1, 0.15) is 5.38 Å². The van der Waals surface area contributed by atoms with E-state index in [-0.39, 0.29) is 12.3 Å². The summed E-state index contributed by atoms with van der Waals surface area (Å²) in [6.45, 7) is -0.251. The molecule has 1 amide bonds. The maximum atomic E-state index is 11.4. The normalized spacial score (nSPS) is 11.8. The Morgan fingerprint density at radius 1 is 1.35 bits per heavy atom. The summed E-state index contributed by atoms with van der Waals surface area (Å²) < 4.78 is 0. The second-order valence-corrected chi connectivity index (χ2v) is 4.84. The molecule has 17 heavy (non-hydrogen) atoms. The van der Waals surface area contributed by atoms with Crippen molar-refractivity contribution >= 4 is 35.2 Å². The number of halogens is 1. The fraction of sp³-hybridized carbons (Fsp3) is 0.273. The standard InChI is InChI=1S/C11H12ClNO3S/c12-9(10(14)6-13-11(15)16)7-17-8-4-2-1-3-5-8/h1-5,9,13H,6-7H2,(H,15,16)/t9-/m0/s1. The molecule has 0 spiro atoms. The lowest BCUT2D eigenvalue weighted by Gasteiger charge is -2.08. The molecule has 0 heterocycles. The minimum Gasteiger partial charge on any atom is -0.465 e. The summed E-state index contributed by atoms with van der Waals surface area (Å²) in [4.78, 5) is 22.6. The fourth-order valence-corrected chi connectivity index (χ4v) is 2.19. The van der Waals surface area contributed by atoms with Crippen LogP contribution in [0, 0.1) is 0 Å². The summed E-state index contributed by atoms with van der Waals surface area (Å²) in [5, 5.41) is 9.65. The maximum absolute atomic E-state index is 11.4. The maximum Gasteiger partial charge on any atom is 0.405 e. The molecule has 0 saturated carbocycles. The van der Waals surface area contributed by atoms with E-state index in [0.717, 1.165) is 4.90 Å². The molecule has 0 saturated heterocycles. The summed E-state index contributed by atoms with van der Waals surface area (Å²) in [7, 11) is 0. The third-order valence-electron chi connectivity index (χ3n) is 1.90. The number of nitrogens with one attached hydrogen (secondary N) is 1. The number of hydrogen-bond donors (Lipinski definition) is 2. The molecule has 1 rings (SSSR count). The van der Waals surface area contributed by atoms with E-state index in [1.807, 2.05) is 35.6 Å². The van der Waals surface area contributed by atoms with E-state index in [1.54, 1.807) is 0 Å². The van der Waals surface area contributed by atoms with Gasteiger partial charge in [-0.15, -0.1) is 23.4 Å². The molecule has 0 aromatic heterocycles. The largest absolute Gasteiger partial charge is 0.465 e. The topological polar surface area (TPSA) is 66.4 Å². The lowest BCUT2D eigenvalue weighted by Crippen LogP contribution is -2.33. The van der Waals surface area contributed by atoms with E-state index in [1.165, 1.54) is 11.8 Å². The number of benzene rings is 1. The van der Waals surface area contributed by atoms with Crippen molar-refractivity contribution in [3.8, 4) is 0 Å². The third-order valence-corrected chi connectivity index (χ3v) is 3.59. The number of carbonyl (C=O) groups excluding carboxylic acids is 1. The van der Waals surface area contributed by atoms with Gasteiger partial charge in [-0.1, -0.05) is 18.2 Å². The van der Waals surface area contributed by atoms with Gasteiger partial charge in [0.05, 0.1) is 6.54 Å². The van der Waals surface area contributed by atoms with Crippen LogP contribution in [0.5, 0.6) is 0 Å². The quantitative estimate of drug-likeness (QED) is 0.616. The van der Waals surface area contributed by atoms with E-state index >= 15 is 0 Å². The first-order valence-corrected chi connectivity index (χ1v) is 6.33. The number of alkyl halides is 1. The number of rotatable bonds is 6. The van der Waals surface area contributed by atoms with E-state index in [4.69, 9.17) is 16.7 Å². The van der Waals surface area contributed by atoms with Gasteiger partial charge in [0.25, 0.3) is 0 Å². The lowest BCUT2D eigenvalue weighted by atomic mass is 10.3.